The average Bonchev–Trinajstić information content (AvgIpc) is 2.86. The summed E-state index contributed by atoms with van der Waals surface area (Å²) >= 11 is 0. The standard InChI is InChI=1S/C27H22F6N2O2/c1-36-10-2-3-17-14-34-26(35-15-17)20-8-9-21-19(13-20)7-6-18(24(21)30)5-4-16-11-22(28)25(23(29)12-16)37-27(31,32)33/h6-9,11-15H,2-5,10H2,1H3. The van der Waals surface area contributed by atoms with Crippen LogP contribution >= 0.6 is 0 Å². The Balaban J connectivity index is 1.49. The monoisotopic (exact) mass is 520 g/mol. The molecule has 0 unspecified atom stereocenters. The van der Waals surface area contributed by atoms with Crippen molar-refractivity contribution in [1.82, 2.24) is 9.97 Å². The van der Waals surface area contributed by atoms with Crippen molar-refractivity contribution in [3.63, 3.8) is 0 Å². The van der Waals surface area contributed by atoms with Gasteiger partial charge in [0.2, 0.25) is 5.75 Å². The molecule has 0 saturated carbocycles. The molecule has 4 aromatic rings. The van der Waals surface area contributed by atoms with Crippen LogP contribution in [0.2, 0.25) is 0 Å². The maximum Gasteiger partial charge on any atom is 0.573 e. The van der Waals surface area contributed by atoms with Gasteiger partial charge in [-0.3, -0.25) is 0 Å². The lowest BCUT2D eigenvalue weighted by Crippen LogP contribution is -2.19. The summed E-state index contributed by atoms with van der Waals surface area (Å²) < 4.78 is 88.5. The SMILES string of the molecule is COCCCc1cnc(-c2ccc3c(F)c(CCc4cc(F)c(OC(F)(F)F)c(F)c4)ccc3c2)nc1. The van der Waals surface area contributed by atoms with Crippen molar-refractivity contribution in [2.24, 2.45) is 0 Å². The fourth-order valence-corrected chi connectivity index (χ4v) is 3.97. The van der Waals surface area contributed by atoms with Gasteiger partial charge in [0.25, 0.3) is 0 Å². The minimum Gasteiger partial charge on any atom is -0.399 e. The Morgan fingerprint density at radius 1 is 0.811 bits per heavy atom. The molecule has 0 aliphatic carbocycles. The van der Waals surface area contributed by atoms with E-state index in [1.165, 1.54) is 0 Å². The van der Waals surface area contributed by atoms with Gasteiger partial charge in [0.05, 0.1) is 0 Å². The number of rotatable bonds is 9. The van der Waals surface area contributed by atoms with Gasteiger partial charge < -0.3 is 9.47 Å². The molecule has 0 saturated heterocycles. The molecule has 194 valence electrons. The van der Waals surface area contributed by atoms with Gasteiger partial charge in [0.15, 0.2) is 17.5 Å². The first-order valence-electron chi connectivity index (χ1n) is 11.4. The van der Waals surface area contributed by atoms with Crippen molar-refractivity contribution in [3.05, 3.63) is 89.0 Å². The van der Waals surface area contributed by atoms with E-state index < -0.39 is 29.6 Å². The van der Waals surface area contributed by atoms with E-state index in [1.54, 1.807) is 49.8 Å². The Labute approximate surface area is 208 Å². The van der Waals surface area contributed by atoms with Gasteiger partial charge in [-0.15, -0.1) is 13.2 Å². The number of aromatic nitrogens is 2. The van der Waals surface area contributed by atoms with Gasteiger partial charge in [0, 0.05) is 37.1 Å². The number of fused-ring (bicyclic) bond motifs is 1. The third kappa shape index (κ3) is 6.56. The second-order valence-electron chi connectivity index (χ2n) is 8.42. The summed E-state index contributed by atoms with van der Waals surface area (Å²) in [5.41, 5.74) is 2.07. The Hall–Kier alpha value is -3.66. The van der Waals surface area contributed by atoms with Gasteiger partial charge in [-0.05, 0) is 66.0 Å². The van der Waals surface area contributed by atoms with Crippen LogP contribution in [0.3, 0.4) is 0 Å². The van der Waals surface area contributed by atoms with Crippen LogP contribution in [0.25, 0.3) is 22.2 Å². The van der Waals surface area contributed by atoms with Crippen LogP contribution in [0, 0.1) is 17.5 Å². The lowest BCUT2D eigenvalue weighted by Gasteiger charge is -2.12. The molecule has 4 nitrogen and oxygen atoms in total. The predicted molar refractivity (Wildman–Crippen MR) is 126 cm³/mol. The summed E-state index contributed by atoms with van der Waals surface area (Å²) in [7, 11) is 1.65. The van der Waals surface area contributed by atoms with E-state index in [0.29, 0.717) is 28.8 Å². The highest BCUT2D eigenvalue weighted by molar-refractivity contribution is 5.87. The van der Waals surface area contributed by atoms with E-state index in [9.17, 15) is 22.0 Å². The molecule has 3 aromatic carbocycles. The van der Waals surface area contributed by atoms with E-state index in [1.807, 2.05) is 0 Å². The van der Waals surface area contributed by atoms with E-state index in [0.717, 1.165) is 36.1 Å². The molecule has 0 spiro atoms. The summed E-state index contributed by atoms with van der Waals surface area (Å²) in [4.78, 5) is 8.80. The van der Waals surface area contributed by atoms with Gasteiger partial charge in [-0.25, -0.2) is 23.1 Å². The van der Waals surface area contributed by atoms with Crippen LogP contribution in [0.15, 0.2) is 54.9 Å². The second-order valence-corrected chi connectivity index (χ2v) is 8.42. The number of alkyl halides is 3. The Morgan fingerprint density at radius 3 is 2.16 bits per heavy atom. The van der Waals surface area contributed by atoms with E-state index in [2.05, 4.69) is 14.7 Å². The highest BCUT2D eigenvalue weighted by Gasteiger charge is 2.34. The van der Waals surface area contributed by atoms with Crippen molar-refractivity contribution in [2.75, 3.05) is 13.7 Å². The zero-order chi connectivity index (χ0) is 26.6. The van der Waals surface area contributed by atoms with Crippen molar-refractivity contribution in [1.29, 1.82) is 0 Å². The van der Waals surface area contributed by atoms with Gasteiger partial charge >= 0.3 is 6.36 Å². The van der Waals surface area contributed by atoms with Crippen LogP contribution in [0.4, 0.5) is 26.3 Å². The summed E-state index contributed by atoms with van der Waals surface area (Å²) in [6.45, 7) is 0.650. The highest BCUT2D eigenvalue weighted by Crippen LogP contribution is 2.31. The molecule has 37 heavy (non-hydrogen) atoms. The van der Waals surface area contributed by atoms with Gasteiger partial charge in [-0.1, -0.05) is 24.3 Å². The Bertz CT molecular complexity index is 1370. The molecule has 0 fully saturated rings. The fraction of sp³-hybridized carbons (Fsp3) is 0.259. The smallest absolute Gasteiger partial charge is 0.399 e. The van der Waals surface area contributed by atoms with Crippen molar-refractivity contribution in [3.8, 4) is 17.1 Å². The minimum absolute atomic E-state index is 0.00518. The first kappa shape index (κ1) is 26.4. The maximum atomic E-state index is 15.2. The number of halogens is 6. The third-order valence-electron chi connectivity index (χ3n) is 5.77. The van der Waals surface area contributed by atoms with E-state index in [4.69, 9.17) is 4.74 Å². The van der Waals surface area contributed by atoms with Gasteiger partial charge in [-0.2, -0.15) is 0 Å². The number of aryl methyl sites for hydroxylation is 3. The molecule has 0 aliphatic rings. The zero-order valence-corrected chi connectivity index (χ0v) is 19.7. The average molecular weight is 520 g/mol. The van der Waals surface area contributed by atoms with Crippen LogP contribution in [0.1, 0.15) is 23.1 Å². The molecule has 0 bridgehead atoms. The molecule has 10 heteroatoms. The molecule has 1 aromatic heterocycles. The fourth-order valence-electron chi connectivity index (χ4n) is 3.97. The molecule has 4 rings (SSSR count). The third-order valence-corrected chi connectivity index (χ3v) is 5.77. The minimum atomic E-state index is -5.23. The number of nitrogens with zero attached hydrogens (tertiary/aromatic N) is 2. The predicted octanol–water partition coefficient (Wildman–Crippen LogP) is 6.98. The van der Waals surface area contributed by atoms with Gasteiger partial charge in [0.1, 0.15) is 5.82 Å². The van der Waals surface area contributed by atoms with Crippen molar-refractivity contribution >= 4 is 10.8 Å². The van der Waals surface area contributed by atoms with Crippen molar-refractivity contribution < 1.29 is 35.8 Å². The second kappa shape index (κ2) is 11.2. The summed E-state index contributed by atoms with van der Waals surface area (Å²) in [6.07, 6.45) is 0.0133. The van der Waals surface area contributed by atoms with E-state index >= 15 is 4.39 Å². The number of ether oxygens (including phenoxy) is 2. The summed E-state index contributed by atoms with van der Waals surface area (Å²) in [5.74, 6) is -4.47. The topological polar surface area (TPSA) is 44.2 Å². The number of hydrogen-bond acceptors (Lipinski definition) is 4. The maximum absolute atomic E-state index is 15.2. The van der Waals surface area contributed by atoms with Crippen LogP contribution in [-0.4, -0.2) is 30.0 Å². The quantitative estimate of drug-likeness (QED) is 0.177. The van der Waals surface area contributed by atoms with E-state index in [-0.39, 0.29) is 18.4 Å². The molecule has 0 amide bonds. The van der Waals surface area contributed by atoms with Crippen LogP contribution < -0.4 is 4.74 Å². The highest BCUT2D eigenvalue weighted by atomic mass is 19.4. The normalized spacial score (nSPS) is 11.8. The largest absolute Gasteiger partial charge is 0.573 e. The van der Waals surface area contributed by atoms with Crippen molar-refractivity contribution in [2.45, 2.75) is 32.0 Å². The first-order valence-corrected chi connectivity index (χ1v) is 11.4. The molecule has 0 radical (unpaired) electrons. The summed E-state index contributed by atoms with van der Waals surface area (Å²) in [5, 5.41) is 0.973. The summed E-state index contributed by atoms with van der Waals surface area (Å²) in [6, 6.07) is 9.87. The van der Waals surface area contributed by atoms with Crippen LogP contribution in [-0.2, 0) is 24.0 Å². The lowest BCUT2D eigenvalue weighted by atomic mass is 9.98. The Kier molecular flexibility index (Phi) is 7.97. The first-order chi connectivity index (χ1) is 17.6. The molecule has 0 aliphatic heterocycles. The lowest BCUT2D eigenvalue weighted by molar-refractivity contribution is -0.276. The Morgan fingerprint density at radius 2 is 1.51 bits per heavy atom. The molecular weight excluding hydrogens is 498 g/mol. The molecule has 0 atom stereocenters. The molecule has 0 N–H and O–H groups in total. The number of methoxy groups -OCH3 is 1. The molecular formula is C27H22F6N2O2. The van der Waals surface area contributed by atoms with Crippen LogP contribution in [0.5, 0.6) is 5.75 Å². The zero-order valence-electron chi connectivity index (χ0n) is 19.7. The molecule has 1 heterocycles. The number of hydrogen-bond donors (Lipinski definition) is 0. The number of benzene rings is 3.